The molecule has 2 aromatic carbocycles. The quantitative estimate of drug-likeness (QED) is 0.300. The van der Waals surface area contributed by atoms with Gasteiger partial charge in [-0.2, -0.15) is 5.26 Å². The Morgan fingerprint density at radius 3 is 2.57 bits per heavy atom. The summed E-state index contributed by atoms with van der Waals surface area (Å²) in [6, 6.07) is 21.9. The third-order valence-corrected chi connectivity index (χ3v) is 5.71. The molecule has 7 heteroatoms. The fourth-order valence-electron chi connectivity index (χ4n) is 3.71. The number of rotatable bonds is 6. The Hall–Kier alpha value is -4.70. The van der Waals surface area contributed by atoms with E-state index >= 15 is 0 Å². The lowest BCUT2D eigenvalue weighted by molar-refractivity contribution is -0.138. The van der Waals surface area contributed by atoms with Crippen LogP contribution in [0.1, 0.15) is 28.6 Å². The molecule has 1 aromatic heterocycles. The van der Waals surface area contributed by atoms with Gasteiger partial charge in [0.2, 0.25) is 0 Å². The third kappa shape index (κ3) is 4.97. The SMILES string of the molecule is CC1=C(C#N)C(=O)N(C)C(=O)/C1=C/c1ccc(-c2cccc(C(=O)OCCc3ccccc3)c2)o1. The molecule has 0 saturated heterocycles. The summed E-state index contributed by atoms with van der Waals surface area (Å²) in [5.74, 6) is -0.698. The number of imide groups is 1. The minimum Gasteiger partial charge on any atom is -0.462 e. The lowest BCUT2D eigenvalue weighted by atomic mass is 9.95. The van der Waals surface area contributed by atoms with E-state index in [0.717, 1.165) is 10.5 Å². The number of furan rings is 1. The molecular weight excluding hydrogens is 444 g/mol. The summed E-state index contributed by atoms with van der Waals surface area (Å²) in [6.07, 6.45) is 2.13. The van der Waals surface area contributed by atoms with Crippen molar-refractivity contribution < 1.29 is 23.5 Å². The van der Waals surface area contributed by atoms with Crippen molar-refractivity contribution in [3.63, 3.8) is 0 Å². The molecule has 0 radical (unpaired) electrons. The average Bonchev–Trinajstić information content (AvgIpc) is 3.35. The van der Waals surface area contributed by atoms with Crippen LogP contribution in [0.4, 0.5) is 0 Å². The molecule has 0 aliphatic carbocycles. The maximum Gasteiger partial charge on any atom is 0.338 e. The molecule has 0 N–H and O–H groups in total. The van der Waals surface area contributed by atoms with Crippen LogP contribution in [0, 0.1) is 11.3 Å². The molecule has 0 fully saturated rings. The van der Waals surface area contributed by atoms with Crippen LogP contribution in [0.3, 0.4) is 0 Å². The zero-order valence-electron chi connectivity index (χ0n) is 19.3. The first-order valence-corrected chi connectivity index (χ1v) is 11.0. The average molecular weight is 466 g/mol. The molecule has 4 rings (SSSR count). The maximum atomic E-state index is 12.6. The van der Waals surface area contributed by atoms with Crippen molar-refractivity contribution in [3.05, 3.63) is 100 Å². The van der Waals surface area contributed by atoms with Gasteiger partial charge in [0.1, 0.15) is 23.2 Å². The molecule has 0 bridgehead atoms. The van der Waals surface area contributed by atoms with E-state index in [4.69, 9.17) is 9.15 Å². The van der Waals surface area contributed by atoms with E-state index in [1.807, 2.05) is 36.4 Å². The molecule has 0 unspecified atom stereocenters. The van der Waals surface area contributed by atoms with Crippen LogP contribution in [0.5, 0.6) is 0 Å². The number of nitrogens with zero attached hydrogens (tertiary/aromatic N) is 2. The number of hydrogen-bond donors (Lipinski definition) is 0. The van der Waals surface area contributed by atoms with Crippen molar-refractivity contribution in [2.24, 2.45) is 0 Å². The van der Waals surface area contributed by atoms with Crippen molar-refractivity contribution >= 4 is 23.9 Å². The van der Waals surface area contributed by atoms with Crippen LogP contribution >= 0.6 is 0 Å². The second-order valence-corrected chi connectivity index (χ2v) is 7.99. The van der Waals surface area contributed by atoms with E-state index < -0.39 is 17.8 Å². The Bertz CT molecular complexity index is 1410. The number of benzene rings is 2. The van der Waals surface area contributed by atoms with Gasteiger partial charge in [-0.15, -0.1) is 0 Å². The second-order valence-electron chi connectivity index (χ2n) is 7.99. The Labute approximate surface area is 202 Å². The lowest BCUT2D eigenvalue weighted by Gasteiger charge is -2.23. The smallest absolute Gasteiger partial charge is 0.338 e. The summed E-state index contributed by atoms with van der Waals surface area (Å²) < 4.78 is 11.3. The third-order valence-electron chi connectivity index (χ3n) is 5.71. The Morgan fingerprint density at radius 2 is 1.83 bits per heavy atom. The Balaban J connectivity index is 1.51. The normalized spacial score (nSPS) is 14.9. The standard InChI is InChI=1S/C28H22N2O5/c1-18-23(26(31)30(2)27(32)24(18)17-29)16-22-11-12-25(35-22)20-9-6-10-21(15-20)28(33)34-14-13-19-7-4-3-5-8-19/h3-12,15-16H,13-14H2,1-2H3/b23-16+. The second kappa shape index (κ2) is 10.1. The topological polar surface area (TPSA) is 101 Å². The molecule has 35 heavy (non-hydrogen) atoms. The summed E-state index contributed by atoms with van der Waals surface area (Å²) in [4.78, 5) is 38.1. The van der Waals surface area contributed by atoms with Gasteiger partial charge in [-0.3, -0.25) is 14.5 Å². The lowest BCUT2D eigenvalue weighted by Crippen LogP contribution is -2.39. The molecule has 0 atom stereocenters. The first-order chi connectivity index (χ1) is 16.9. The monoisotopic (exact) mass is 466 g/mol. The largest absolute Gasteiger partial charge is 0.462 e. The fourth-order valence-corrected chi connectivity index (χ4v) is 3.71. The van der Waals surface area contributed by atoms with Gasteiger partial charge < -0.3 is 9.15 Å². The molecule has 2 amide bonds. The number of likely N-dealkylation sites (N-methyl/N-ethyl adjacent to an activating group) is 1. The number of carbonyl (C=O) groups excluding carboxylic acids is 3. The van der Waals surface area contributed by atoms with Crippen LogP contribution in [0.2, 0.25) is 0 Å². The van der Waals surface area contributed by atoms with Crippen molar-refractivity contribution in [2.75, 3.05) is 13.7 Å². The van der Waals surface area contributed by atoms with Gasteiger partial charge in [0.05, 0.1) is 12.2 Å². The van der Waals surface area contributed by atoms with Gasteiger partial charge in [0.25, 0.3) is 11.8 Å². The number of nitriles is 1. The van der Waals surface area contributed by atoms with E-state index in [9.17, 15) is 19.6 Å². The van der Waals surface area contributed by atoms with E-state index in [0.29, 0.717) is 34.6 Å². The zero-order chi connectivity index (χ0) is 24.9. The molecule has 0 saturated carbocycles. The minimum atomic E-state index is -0.625. The van der Waals surface area contributed by atoms with Gasteiger partial charge in [-0.1, -0.05) is 42.5 Å². The molecule has 7 nitrogen and oxygen atoms in total. The van der Waals surface area contributed by atoms with E-state index in [2.05, 4.69) is 0 Å². The molecule has 1 aliphatic rings. The summed E-state index contributed by atoms with van der Waals surface area (Å²) >= 11 is 0. The number of carbonyl (C=O) groups is 3. The van der Waals surface area contributed by atoms with Crippen molar-refractivity contribution in [1.82, 2.24) is 4.90 Å². The number of amides is 2. The van der Waals surface area contributed by atoms with Crippen LogP contribution in [0.15, 0.2) is 87.9 Å². The van der Waals surface area contributed by atoms with E-state index in [1.54, 1.807) is 43.3 Å². The van der Waals surface area contributed by atoms with Gasteiger partial charge in [0.15, 0.2) is 0 Å². The van der Waals surface area contributed by atoms with Crippen LogP contribution in [0.25, 0.3) is 17.4 Å². The fraction of sp³-hybridized carbons (Fsp3) is 0.143. The first kappa shape index (κ1) is 23.5. The van der Waals surface area contributed by atoms with Crippen molar-refractivity contribution in [2.45, 2.75) is 13.3 Å². The highest BCUT2D eigenvalue weighted by atomic mass is 16.5. The molecule has 0 spiro atoms. The molecular formula is C28H22N2O5. The van der Waals surface area contributed by atoms with Gasteiger partial charge in [-0.25, -0.2) is 4.79 Å². The van der Waals surface area contributed by atoms with E-state index in [-0.39, 0.29) is 17.8 Å². The molecule has 2 heterocycles. The zero-order valence-corrected chi connectivity index (χ0v) is 19.3. The number of ether oxygens (including phenoxy) is 1. The predicted octanol–water partition coefficient (Wildman–Crippen LogP) is 4.57. The molecule has 3 aromatic rings. The van der Waals surface area contributed by atoms with Gasteiger partial charge >= 0.3 is 5.97 Å². The number of esters is 1. The minimum absolute atomic E-state index is 0.0800. The Kier molecular flexibility index (Phi) is 6.74. The molecule has 174 valence electrons. The van der Waals surface area contributed by atoms with Crippen LogP contribution in [-0.4, -0.2) is 36.3 Å². The summed E-state index contributed by atoms with van der Waals surface area (Å²) in [7, 11) is 1.33. The van der Waals surface area contributed by atoms with Gasteiger partial charge in [-0.05, 0) is 48.4 Å². The summed E-state index contributed by atoms with van der Waals surface area (Å²) in [5.41, 5.74) is 2.58. The summed E-state index contributed by atoms with van der Waals surface area (Å²) in [6.45, 7) is 1.83. The van der Waals surface area contributed by atoms with E-state index in [1.165, 1.54) is 13.1 Å². The molecule has 1 aliphatic heterocycles. The highest BCUT2D eigenvalue weighted by molar-refractivity contribution is 6.19. The van der Waals surface area contributed by atoms with Crippen molar-refractivity contribution in [3.8, 4) is 17.4 Å². The van der Waals surface area contributed by atoms with Crippen LogP contribution in [-0.2, 0) is 20.7 Å². The highest BCUT2D eigenvalue weighted by Crippen LogP contribution is 2.29. The van der Waals surface area contributed by atoms with Crippen molar-refractivity contribution in [1.29, 1.82) is 5.26 Å². The predicted molar refractivity (Wildman–Crippen MR) is 129 cm³/mol. The Morgan fingerprint density at radius 1 is 1.06 bits per heavy atom. The number of hydrogen-bond acceptors (Lipinski definition) is 6. The van der Waals surface area contributed by atoms with Gasteiger partial charge in [0, 0.05) is 24.6 Å². The van der Waals surface area contributed by atoms with Crippen LogP contribution < -0.4 is 0 Å². The maximum absolute atomic E-state index is 12.6. The first-order valence-electron chi connectivity index (χ1n) is 11.0. The summed E-state index contributed by atoms with van der Waals surface area (Å²) in [5, 5.41) is 9.30. The highest BCUT2D eigenvalue weighted by Gasteiger charge is 2.33.